The van der Waals surface area contributed by atoms with Crippen molar-refractivity contribution in [2.45, 2.75) is 0 Å². The van der Waals surface area contributed by atoms with E-state index in [-0.39, 0.29) is 0 Å². The highest BCUT2D eigenvalue weighted by Gasteiger charge is 2.21. The molecule has 0 aliphatic carbocycles. The van der Waals surface area contributed by atoms with Gasteiger partial charge < -0.3 is 24.1 Å². The summed E-state index contributed by atoms with van der Waals surface area (Å²) >= 11 is 6.28. The molecule has 0 fully saturated rings. The van der Waals surface area contributed by atoms with Crippen molar-refractivity contribution in [1.82, 2.24) is 9.78 Å². The van der Waals surface area contributed by atoms with E-state index in [0.29, 0.717) is 45.0 Å². The predicted octanol–water partition coefficient (Wildman–Crippen LogP) is 5.35. The number of carboxylic acids is 1. The van der Waals surface area contributed by atoms with Gasteiger partial charge in [-0.3, -0.25) is 0 Å². The number of hydrogen-bond acceptors (Lipinski definition) is 6. The number of rotatable bonds is 9. The van der Waals surface area contributed by atoms with Crippen LogP contribution in [0.5, 0.6) is 23.0 Å². The van der Waals surface area contributed by atoms with Crippen LogP contribution in [0.4, 0.5) is 0 Å². The molecule has 0 bridgehead atoms. The zero-order valence-electron chi connectivity index (χ0n) is 19.3. The zero-order chi connectivity index (χ0) is 24.9. The molecule has 0 saturated carbocycles. The van der Waals surface area contributed by atoms with Crippen LogP contribution >= 0.6 is 11.6 Å². The number of methoxy groups -OCH3 is 3. The van der Waals surface area contributed by atoms with E-state index in [2.05, 4.69) is 0 Å². The summed E-state index contributed by atoms with van der Waals surface area (Å²) in [4.78, 5) is 11.2. The summed E-state index contributed by atoms with van der Waals surface area (Å²) in [6, 6.07) is 19.9. The van der Waals surface area contributed by atoms with E-state index >= 15 is 0 Å². The summed E-state index contributed by atoms with van der Waals surface area (Å²) in [5.41, 5.74) is 3.32. The maximum Gasteiger partial charge on any atom is 0.341 e. The lowest BCUT2D eigenvalue weighted by atomic mass is 10.1. The highest BCUT2D eigenvalue weighted by Crippen LogP contribution is 2.41. The van der Waals surface area contributed by atoms with Crippen LogP contribution in [0.25, 0.3) is 28.2 Å². The number of hydrogen-bond donors (Lipinski definition) is 1. The second-order valence-corrected chi connectivity index (χ2v) is 7.83. The first-order valence-corrected chi connectivity index (χ1v) is 10.9. The van der Waals surface area contributed by atoms with Crippen molar-refractivity contribution in [3.05, 3.63) is 71.8 Å². The Balaban J connectivity index is 1.95. The first-order valence-electron chi connectivity index (χ1n) is 10.6. The molecular formula is C26H23ClN2O6. The van der Waals surface area contributed by atoms with Crippen molar-refractivity contribution in [3.63, 3.8) is 0 Å². The van der Waals surface area contributed by atoms with E-state index in [1.807, 2.05) is 36.4 Å². The van der Waals surface area contributed by atoms with Gasteiger partial charge >= 0.3 is 5.97 Å². The van der Waals surface area contributed by atoms with Crippen molar-refractivity contribution in [2.24, 2.45) is 0 Å². The van der Waals surface area contributed by atoms with Crippen molar-refractivity contribution in [3.8, 4) is 51.2 Å². The Bertz CT molecular complexity index is 1370. The standard InChI is InChI=1S/C26H23ClN2O6/c1-32-18-10-11-19(24(13-18)35-15-25(30)31)21-14-22(20-8-5-9-23(33-2)26(20)34-3)29(28-21)17-7-4-6-16(27)12-17/h4-14H,15H2,1-3H3,(H,30,31). The van der Waals surface area contributed by atoms with Crippen LogP contribution in [0.15, 0.2) is 66.7 Å². The molecular weight excluding hydrogens is 472 g/mol. The van der Waals surface area contributed by atoms with Gasteiger partial charge in [-0.25, -0.2) is 9.48 Å². The second-order valence-electron chi connectivity index (χ2n) is 7.39. The molecule has 35 heavy (non-hydrogen) atoms. The number of benzene rings is 3. The Labute approximate surface area is 207 Å². The summed E-state index contributed by atoms with van der Waals surface area (Å²) in [7, 11) is 4.67. The third kappa shape index (κ3) is 5.02. The highest BCUT2D eigenvalue weighted by molar-refractivity contribution is 6.30. The van der Waals surface area contributed by atoms with Crippen LogP contribution in [0.1, 0.15) is 0 Å². The molecule has 0 unspecified atom stereocenters. The molecule has 0 aliphatic rings. The van der Waals surface area contributed by atoms with Crippen molar-refractivity contribution in [2.75, 3.05) is 27.9 Å². The summed E-state index contributed by atoms with van der Waals surface area (Å²) < 4.78 is 23.8. The highest BCUT2D eigenvalue weighted by atomic mass is 35.5. The van der Waals surface area contributed by atoms with E-state index in [9.17, 15) is 4.79 Å². The topological polar surface area (TPSA) is 92.0 Å². The van der Waals surface area contributed by atoms with Crippen LogP contribution in [-0.2, 0) is 4.79 Å². The molecule has 0 atom stereocenters. The molecule has 180 valence electrons. The number of carboxylic acid groups (broad SMARTS) is 1. The lowest BCUT2D eigenvalue weighted by Crippen LogP contribution is -2.10. The Hall–Kier alpha value is -4.17. The third-order valence-corrected chi connectivity index (χ3v) is 5.49. The number of carbonyl (C=O) groups is 1. The summed E-state index contributed by atoms with van der Waals surface area (Å²) in [6.07, 6.45) is 0. The average molecular weight is 495 g/mol. The van der Waals surface area contributed by atoms with Crippen LogP contribution in [-0.4, -0.2) is 48.8 Å². The molecule has 4 rings (SSSR count). The van der Waals surface area contributed by atoms with Crippen LogP contribution in [0.3, 0.4) is 0 Å². The van der Waals surface area contributed by atoms with Gasteiger partial charge in [0.25, 0.3) is 0 Å². The third-order valence-electron chi connectivity index (χ3n) is 5.26. The summed E-state index contributed by atoms with van der Waals surface area (Å²) in [5.74, 6) is 0.872. The predicted molar refractivity (Wildman–Crippen MR) is 132 cm³/mol. The number of ether oxygens (including phenoxy) is 4. The molecule has 0 aliphatic heterocycles. The molecule has 1 heterocycles. The Morgan fingerprint density at radius 3 is 2.40 bits per heavy atom. The van der Waals surface area contributed by atoms with Gasteiger partial charge in [-0.05, 0) is 48.5 Å². The maximum absolute atomic E-state index is 11.2. The second kappa shape index (κ2) is 10.4. The molecule has 0 saturated heterocycles. The van der Waals surface area contributed by atoms with Gasteiger partial charge in [-0.1, -0.05) is 23.7 Å². The van der Waals surface area contributed by atoms with Crippen molar-refractivity contribution in [1.29, 1.82) is 0 Å². The number of aliphatic carboxylic acids is 1. The number of aromatic nitrogens is 2. The van der Waals surface area contributed by atoms with Gasteiger partial charge in [-0.2, -0.15) is 5.10 Å². The minimum atomic E-state index is -1.09. The Kier molecular flexibility index (Phi) is 7.12. The minimum absolute atomic E-state index is 0.326. The molecule has 1 N–H and O–H groups in total. The first-order chi connectivity index (χ1) is 16.9. The van der Waals surface area contributed by atoms with E-state index < -0.39 is 12.6 Å². The van der Waals surface area contributed by atoms with Crippen LogP contribution < -0.4 is 18.9 Å². The molecule has 8 nitrogen and oxygen atoms in total. The molecule has 4 aromatic rings. The molecule has 1 aromatic heterocycles. The van der Waals surface area contributed by atoms with Crippen molar-refractivity contribution >= 4 is 17.6 Å². The van der Waals surface area contributed by atoms with Gasteiger partial charge in [0.1, 0.15) is 11.5 Å². The van der Waals surface area contributed by atoms with Gasteiger partial charge in [0.15, 0.2) is 18.1 Å². The first kappa shape index (κ1) is 24.0. The molecule has 0 radical (unpaired) electrons. The fraction of sp³-hybridized carbons (Fsp3) is 0.154. The maximum atomic E-state index is 11.2. The number of nitrogens with zero attached hydrogens (tertiary/aromatic N) is 2. The monoisotopic (exact) mass is 494 g/mol. The van der Waals surface area contributed by atoms with E-state index in [1.165, 1.54) is 7.11 Å². The average Bonchev–Trinajstić information content (AvgIpc) is 3.31. The van der Waals surface area contributed by atoms with Gasteiger partial charge in [0.2, 0.25) is 0 Å². The fourth-order valence-electron chi connectivity index (χ4n) is 3.70. The van der Waals surface area contributed by atoms with Gasteiger partial charge in [-0.15, -0.1) is 0 Å². The summed E-state index contributed by atoms with van der Waals surface area (Å²) in [6.45, 7) is -0.508. The lowest BCUT2D eigenvalue weighted by Gasteiger charge is -2.14. The smallest absolute Gasteiger partial charge is 0.341 e. The number of para-hydroxylation sites is 1. The van der Waals surface area contributed by atoms with Gasteiger partial charge in [0, 0.05) is 22.2 Å². The van der Waals surface area contributed by atoms with Crippen LogP contribution in [0.2, 0.25) is 5.02 Å². The fourth-order valence-corrected chi connectivity index (χ4v) is 3.88. The number of halogens is 1. The SMILES string of the molecule is COc1ccc(-c2cc(-c3cccc(OC)c3OC)n(-c3cccc(Cl)c3)n2)c(OCC(=O)O)c1. The molecule has 3 aromatic carbocycles. The normalized spacial score (nSPS) is 10.6. The molecule has 9 heteroatoms. The van der Waals surface area contributed by atoms with Crippen LogP contribution in [0, 0.1) is 0 Å². The van der Waals surface area contributed by atoms with Crippen molar-refractivity contribution < 1.29 is 28.8 Å². The Morgan fingerprint density at radius 1 is 0.914 bits per heavy atom. The zero-order valence-corrected chi connectivity index (χ0v) is 20.1. The minimum Gasteiger partial charge on any atom is -0.497 e. The van der Waals surface area contributed by atoms with E-state index in [4.69, 9.17) is 40.8 Å². The quantitative estimate of drug-likeness (QED) is 0.335. The summed E-state index contributed by atoms with van der Waals surface area (Å²) in [5, 5.41) is 14.5. The molecule has 0 spiro atoms. The largest absolute Gasteiger partial charge is 0.497 e. The lowest BCUT2D eigenvalue weighted by molar-refractivity contribution is -0.139. The van der Waals surface area contributed by atoms with Gasteiger partial charge in [0.05, 0.1) is 38.4 Å². The molecule has 0 amide bonds. The van der Waals surface area contributed by atoms with E-state index in [0.717, 1.165) is 11.3 Å². The Morgan fingerprint density at radius 2 is 1.71 bits per heavy atom. The van der Waals surface area contributed by atoms with E-state index in [1.54, 1.807) is 49.2 Å².